The van der Waals surface area contributed by atoms with E-state index in [0.717, 1.165) is 0 Å². The zero-order valence-electron chi connectivity index (χ0n) is 19.7. The molecule has 1 amide bonds. The predicted molar refractivity (Wildman–Crippen MR) is 131 cm³/mol. The molecule has 1 aliphatic rings. The van der Waals surface area contributed by atoms with Crippen LogP contribution in [0, 0.1) is 5.92 Å². The minimum absolute atomic E-state index is 0.0156. The van der Waals surface area contributed by atoms with Crippen LogP contribution >= 0.6 is 0 Å². The molecule has 0 aromatic heterocycles. The second kappa shape index (κ2) is 11.3. The van der Waals surface area contributed by atoms with Crippen LogP contribution in [0.2, 0.25) is 0 Å². The maximum atomic E-state index is 12.5. The number of amides is 1. The molecular weight excluding hydrogens is 462 g/mol. The molecule has 36 heavy (non-hydrogen) atoms. The summed E-state index contributed by atoms with van der Waals surface area (Å²) in [6, 6.07) is 21.6. The van der Waals surface area contributed by atoms with Gasteiger partial charge >= 0.3 is 11.9 Å². The van der Waals surface area contributed by atoms with Crippen molar-refractivity contribution in [2.24, 2.45) is 5.92 Å². The van der Waals surface area contributed by atoms with Gasteiger partial charge in [-0.05, 0) is 67.6 Å². The lowest BCUT2D eigenvalue weighted by molar-refractivity contribution is -0.147. The van der Waals surface area contributed by atoms with Crippen LogP contribution in [0.3, 0.4) is 0 Å². The summed E-state index contributed by atoms with van der Waals surface area (Å²) < 4.78 is 15.9. The van der Waals surface area contributed by atoms with Crippen LogP contribution in [0.5, 0.6) is 11.5 Å². The fourth-order valence-corrected chi connectivity index (χ4v) is 3.79. The topological polar surface area (TPSA) is 99.2 Å². The van der Waals surface area contributed by atoms with Crippen molar-refractivity contribution < 1.29 is 33.4 Å². The van der Waals surface area contributed by atoms with E-state index in [0.29, 0.717) is 29.2 Å². The lowest BCUT2D eigenvalue weighted by Gasteiger charge is -2.17. The van der Waals surface area contributed by atoms with E-state index in [2.05, 4.69) is 0 Å². The molecule has 1 aliphatic heterocycles. The molecule has 3 aromatic rings. The molecule has 4 rings (SSSR count). The molecular formula is C28H25NO7. The molecule has 8 nitrogen and oxygen atoms in total. The molecule has 0 saturated carbocycles. The number of benzene rings is 3. The molecule has 1 fully saturated rings. The third kappa shape index (κ3) is 5.96. The molecule has 0 N–H and O–H groups in total. The highest BCUT2D eigenvalue weighted by Crippen LogP contribution is 2.27. The summed E-state index contributed by atoms with van der Waals surface area (Å²) in [5.41, 5.74) is 1.39. The first-order valence-corrected chi connectivity index (χ1v) is 11.5. The largest absolute Gasteiger partial charge is 0.494 e. The number of Topliss-reactive ketones (excluding diaryl/α,β-unsaturated/α-hetero) is 1. The number of carbonyl (C=O) groups is 4. The average molecular weight is 488 g/mol. The monoisotopic (exact) mass is 487 g/mol. The highest BCUT2D eigenvalue weighted by atomic mass is 16.5. The number of ketones is 1. The van der Waals surface area contributed by atoms with Gasteiger partial charge in [0.25, 0.3) is 0 Å². The molecule has 0 unspecified atom stereocenters. The molecule has 0 spiro atoms. The van der Waals surface area contributed by atoms with E-state index in [4.69, 9.17) is 14.2 Å². The number of anilines is 1. The Balaban J connectivity index is 1.27. The lowest BCUT2D eigenvalue weighted by atomic mass is 10.1. The molecule has 8 heteroatoms. The van der Waals surface area contributed by atoms with Crippen molar-refractivity contribution in [3.63, 3.8) is 0 Å². The van der Waals surface area contributed by atoms with Crippen LogP contribution in [0.15, 0.2) is 78.9 Å². The Morgan fingerprint density at radius 1 is 0.861 bits per heavy atom. The minimum atomic E-state index is -0.656. The van der Waals surface area contributed by atoms with Crippen LogP contribution in [-0.4, -0.2) is 43.4 Å². The van der Waals surface area contributed by atoms with Gasteiger partial charge in [0, 0.05) is 24.2 Å². The van der Waals surface area contributed by atoms with Crippen molar-refractivity contribution in [2.75, 3.05) is 24.7 Å². The van der Waals surface area contributed by atoms with Gasteiger partial charge in [-0.3, -0.25) is 14.4 Å². The molecule has 184 valence electrons. The zero-order chi connectivity index (χ0) is 25.5. The van der Waals surface area contributed by atoms with E-state index in [1.165, 1.54) is 29.2 Å². The molecule has 1 heterocycles. The van der Waals surface area contributed by atoms with Crippen molar-refractivity contribution in [1.82, 2.24) is 0 Å². The fourth-order valence-electron chi connectivity index (χ4n) is 3.79. The number of rotatable bonds is 9. The second-order valence-electron chi connectivity index (χ2n) is 8.14. The summed E-state index contributed by atoms with van der Waals surface area (Å²) in [4.78, 5) is 51.1. The lowest BCUT2D eigenvalue weighted by Crippen LogP contribution is -2.27. The highest BCUT2D eigenvalue weighted by molar-refractivity contribution is 6.01. The van der Waals surface area contributed by atoms with Crippen molar-refractivity contribution in [3.05, 3.63) is 90.0 Å². The van der Waals surface area contributed by atoms with Gasteiger partial charge in [-0.2, -0.15) is 0 Å². The molecule has 1 atom stereocenters. The van der Waals surface area contributed by atoms with Gasteiger partial charge in [0.15, 0.2) is 12.4 Å². The van der Waals surface area contributed by atoms with E-state index in [9.17, 15) is 19.2 Å². The maximum absolute atomic E-state index is 12.5. The van der Waals surface area contributed by atoms with Crippen molar-refractivity contribution in [1.29, 1.82) is 0 Å². The Kier molecular flexibility index (Phi) is 7.75. The first-order chi connectivity index (χ1) is 17.4. The van der Waals surface area contributed by atoms with Gasteiger partial charge in [0.2, 0.25) is 5.91 Å². The Morgan fingerprint density at radius 3 is 2.19 bits per heavy atom. The van der Waals surface area contributed by atoms with Gasteiger partial charge in [-0.25, -0.2) is 4.79 Å². The van der Waals surface area contributed by atoms with E-state index in [1.54, 1.807) is 54.6 Å². The van der Waals surface area contributed by atoms with Crippen LogP contribution in [0.25, 0.3) is 0 Å². The van der Waals surface area contributed by atoms with Crippen LogP contribution < -0.4 is 14.4 Å². The summed E-state index contributed by atoms with van der Waals surface area (Å²) in [7, 11) is 0. The van der Waals surface area contributed by atoms with Crippen molar-refractivity contribution >= 4 is 29.3 Å². The molecule has 1 saturated heterocycles. The number of ether oxygens (including phenoxy) is 3. The fraction of sp³-hybridized carbons (Fsp3) is 0.214. The number of carbonyl (C=O) groups excluding carboxylic acids is 4. The summed E-state index contributed by atoms with van der Waals surface area (Å²) >= 11 is 0. The first-order valence-electron chi connectivity index (χ1n) is 11.5. The minimum Gasteiger partial charge on any atom is -0.494 e. The van der Waals surface area contributed by atoms with Crippen molar-refractivity contribution in [3.8, 4) is 11.5 Å². The predicted octanol–water partition coefficient (Wildman–Crippen LogP) is 4.08. The summed E-state index contributed by atoms with van der Waals surface area (Å²) in [5.74, 6) is -1.37. The highest BCUT2D eigenvalue weighted by Gasteiger charge is 2.36. The third-order valence-electron chi connectivity index (χ3n) is 5.66. The standard InChI is InChI=1S/C28H25NO7/c1-2-34-23-14-10-22(11-15-23)29-17-21(16-26(29)31)27(32)35-18-25(30)19-8-12-24(13-9-19)36-28(33)20-6-4-3-5-7-20/h3-15,21H,2,16-18H2,1H3/t21-/m0/s1. The number of hydrogen-bond acceptors (Lipinski definition) is 7. The van der Waals surface area contributed by atoms with Gasteiger partial charge in [0.1, 0.15) is 11.5 Å². The Labute approximate surface area is 208 Å². The van der Waals surface area contributed by atoms with E-state index in [-0.39, 0.29) is 24.6 Å². The SMILES string of the molecule is CCOc1ccc(N2C[C@@H](C(=O)OCC(=O)c3ccc(OC(=O)c4ccccc4)cc3)CC2=O)cc1. The molecule has 3 aromatic carbocycles. The molecule has 0 bridgehead atoms. The van der Waals surface area contributed by atoms with Crippen LogP contribution in [-0.2, 0) is 14.3 Å². The normalized spacial score (nSPS) is 14.9. The number of hydrogen-bond donors (Lipinski definition) is 0. The summed E-state index contributed by atoms with van der Waals surface area (Å²) in [6.07, 6.45) is 0.0156. The van der Waals surface area contributed by atoms with Crippen molar-refractivity contribution in [2.45, 2.75) is 13.3 Å². The van der Waals surface area contributed by atoms with Gasteiger partial charge < -0.3 is 19.1 Å². The average Bonchev–Trinajstić information content (AvgIpc) is 3.30. The number of esters is 2. The maximum Gasteiger partial charge on any atom is 0.343 e. The zero-order valence-corrected chi connectivity index (χ0v) is 19.7. The summed E-state index contributed by atoms with van der Waals surface area (Å²) in [6.45, 7) is 2.16. The van der Waals surface area contributed by atoms with Crippen LogP contribution in [0.1, 0.15) is 34.1 Å². The van der Waals surface area contributed by atoms with Crippen LogP contribution in [0.4, 0.5) is 5.69 Å². The third-order valence-corrected chi connectivity index (χ3v) is 5.66. The smallest absolute Gasteiger partial charge is 0.343 e. The summed E-state index contributed by atoms with van der Waals surface area (Å²) in [5, 5.41) is 0. The van der Waals surface area contributed by atoms with Gasteiger partial charge in [-0.15, -0.1) is 0 Å². The van der Waals surface area contributed by atoms with Gasteiger partial charge in [0.05, 0.1) is 18.1 Å². The first kappa shape index (κ1) is 24.7. The Hall–Kier alpha value is -4.46. The Morgan fingerprint density at radius 2 is 1.53 bits per heavy atom. The van der Waals surface area contributed by atoms with E-state index >= 15 is 0 Å². The second-order valence-corrected chi connectivity index (χ2v) is 8.14. The molecule has 0 radical (unpaired) electrons. The number of nitrogens with zero attached hydrogens (tertiary/aromatic N) is 1. The Bertz CT molecular complexity index is 1240. The van der Waals surface area contributed by atoms with Gasteiger partial charge in [-0.1, -0.05) is 18.2 Å². The molecule has 0 aliphatic carbocycles. The van der Waals surface area contributed by atoms with E-state index in [1.807, 2.05) is 6.92 Å². The quantitative estimate of drug-likeness (QED) is 0.255. The van der Waals surface area contributed by atoms with E-state index < -0.39 is 30.2 Å².